The molecule has 2 aromatic carbocycles. The van der Waals surface area contributed by atoms with E-state index in [0.717, 1.165) is 55.0 Å². The molecule has 0 bridgehead atoms. The van der Waals surface area contributed by atoms with Gasteiger partial charge >= 0.3 is 6.18 Å². The Bertz CT molecular complexity index is 1450. The molecule has 210 valence electrons. The fourth-order valence-corrected chi connectivity index (χ4v) is 4.95. The van der Waals surface area contributed by atoms with Gasteiger partial charge in [-0.1, -0.05) is 62.4 Å². The Hall–Kier alpha value is -3.92. The first-order valence-electron chi connectivity index (χ1n) is 13.4. The lowest BCUT2D eigenvalue weighted by molar-refractivity contribution is -0.140. The van der Waals surface area contributed by atoms with E-state index in [1.807, 2.05) is 30.5 Å². The predicted octanol–water partition coefficient (Wildman–Crippen LogP) is 6.05. The highest BCUT2D eigenvalue weighted by Gasteiger charge is 2.34. The van der Waals surface area contributed by atoms with Gasteiger partial charge in [-0.2, -0.15) is 13.2 Å². The zero-order valence-corrected chi connectivity index (χ0v) is 23.2. The average Bonchev–Trinajstić information content (AvgIpc) is 3.35. The summed E-state index contributed by atoms with van der Waals surface area (Å²) in [4.78, 5) is 18.2. The Morgan fingerprint density at radius 2 is 1.62 bits per heavy atom. The number of anilines is 2. The maximum atomic E-state index is 13.1. The number of hydrogen-bond donors (Lipinski definition) is 1. The number of alkyl halides is 3. The number of nitrogens with zero attached hydrogens (tertiary/aromatic N) is 6. The van der Waals surface area contributed by atoms with Crippen LogP contribution in [-0.4, -0.2) is 57.6 Å². The molecule has 0 unspecified atom stereocenters. The van der Waals surface area contributed by atoms with Gasteiger partial charge in [-0.3, -0.25) is 0 Å². The Labute approximate surface area is 232 Å². The summed E-state index contributed by atoms with van der Waals surface area (Å²) in [6.45, 7) is 8.51. The molecule has 10 heteroatoms. The number of rotatable bonds is 7. The van der Waals surface area contributed by atoms with E-state index in [0.29, 0.717) is 23.9 Å². The summed E-state index contributed by atoms with van der Waals surface area (Å²) < 4.78 is 40.7. The molecule has 1 N–H and O–H groups in total. The van der Waals surface area contributed by atoms with Crippen LogP contribution in [0.15, 0.2) is 60.9 Å². The van der Waals surface area contributed by atoms with Crippen LogP contribution >= 0.6 is 0 Å². The molecule has 1 fully saturated rings. The van der Waals surface area contributed by atoms with E-state index >= 15 is 0 Å². The molecule has 0 radical (unpaired) electrons. The molecule has 7 nitrogen and oxygen atoms in total. The largest absolute Gasteiger partial charge is 0.434 e. The summed E-state index contributed by atoms with van der Waals surface area (Å²) in [5.41, 5.74) is 3.87. The summed E-state index contributed by atoms with van der Waals surface area (Å²) in [6.07, 6.45) is -1.56. The van der Waals surface area contributed by atoms with Crippen LogP contribution < -0.4 is 10.2 Å². The third kappa shape index (κ3) is 5.96. The first-order chi connectivity index (χ1) is 19.1. The zero-order valence-electron chi connectivity index (χ0n) is 23.2. The minimum atomic E-state index is -4.48. The van der Waals surface area contributed by atoms with E-state index < -0.39 is 11.9 Å². The Morgan fingerprint density at radius 3 is 2.27 bits per heavy atom. The third-order valence-corrected chi connectivity index (χ3v) is 7.28. The normalized spacial score (nSPS) is 14.7. The number of likely N-dealkylation sites (N-methyl/N-ethyl adjacent to an activating group) is 1. The fraction of sp³-hybridized carbons (Fsp3) is 0.367. The van der Waals surface area contributed by atoms with Gasteiger partial charge in [0, 0.05) is 57.1 Å². The van der Waals surface area contributed by atoms with Crippen molar-refractivity contribution in [2.24, 2.45) is 7.05 Å². The molecule has 5 rings (SSSR count). The fourth-order valence-electron chi connectivity index (χ4n) is 4.95. The van der Waals surface area contributed by atoms with Crippen LogP contribution in [0.1, 0.15) is 36.6 Å². The average molecular weight is 550 g/mol. The Balaban J connectivity index is 1.41. The molecule has 1 saturated heterocycles. The van der Waals surface area contributed by atoms with Gasteiger partial charge in [-0.05, 0) is 24.1 Å². The number of piperazine rings is 1. The third-order valence-electron chi connectivity index (χ3n) is 7.28. The van der Waals surface area contributed by atoms with E-state index in [1.165, 1.54) is 10.1 Å². The molecular formula is C30H34F3N7. The first-order valence-corrected chi connectivity index (χ1v) is 13.4. The number of hydrogen-bond acceptors (Lipinski definition) is 6. The zero-order chi connectivity index (χ0) is 28.4. The number of halogens is 3. The van der Waals surface area contributed by atoms with Crippen molar-refractivity contribution < 1.29 is 13.2 Å². The van der Waals surface area contributed by atoms with Crippen molar-refractivity contribution in [2.45, 2.75) is 32.5 Å². The molecule has 0 atom stereocenters. The second-order valence-corrected chi connectivity index (χ2v) is 10.6. The van der Waals surface area contributed by atoms with E-state index in [2.05, 4.69) is 53.1 Å². The minimum Gasteiger partial charge on any atom is -0.365 e. The molecule has 0 saturated carbocycles. The maximum absolute atomic E-state index is 13.1. The predicted molar refractivity (Wildman–Crippen MR) is 152 cm³/mol. The number of aromatic nitrogens is 4. The second-order valence-electron chi connectivity index (χ2n) is 10.6. The van der Waals surface area contributed by atoms with Gasteiger partial charge in [0.1, 0.15) is 5.82 Å². The summed E-state index contributed by atoms with van der Waals surface area (Å²) in [6, 6.07) is 15.6. The summed E-state index contributed by atoms with van der Waals surface area (Å²) in [5.74, 6) is 2.04. The van der Waals surface area contributed by atoms with Gasteiger partial charge in [0.2, 0.25) is 0 Å². The van der Waals surface area contributed by atoms with Gasteiger partial charge in [0.05, 0.1) is 11.9 Å². The van der Waals surface area contributed by atoms with E-state index in [9.17, 15) is 13.2 Å². The highest BCUT2D eigenvalue weighted by Crippen LogP contribution is 2.32. The molecule has 3 heterocycles. The maximum Gasteiger partial charge on any atom is 0.434 e. The lowest BCUT2D eigenvalue weighted by Crippen LogP contribution is -2.44. The number of benzene rings is 2. The van der Waals surface area contributed by atoms with Crippen molar-refractivity contribution in [3.63, 3.8) is 0 Å². The Kier molecular flexibility index (Phi) is 7.80. The van der Waals surface area contributed by atoms with Crippen LogP contribution in [-0.2, 0) is 19.8 Å². The smallest absolute Gasteiger partial charge is 0.365 e. The summed E-state index contributed by atoms with van der Waals surface area (Å²) in [7, 11) is 3.69. The molecule has 0 aliphatic carbocycles. The number of imidazole rings is 1. The molecular weight excluding hydrogens is 515 g/mol. The summed E-state index contributed by atoms with van der Waals surface area (Å²) >= 11 is 0. The van der Waals surface area contributed by atoms with Crippen LogP contribution in [0.2, 0.25) is 0 Å². The van der Waals surface area contributed by atoms with E-state index in [-0.39, 0.29) is 5.82 Å². The lowest BCUT2D eigenvalue weighted by Gasteiger charge is -2.34. The molecule has 40 heavy (non-hydrogen) atoms. The van der Waals surface area contributed by atoms with Gasteiger partial charge in [0.15, 0.2) is 17.3 Å². The SMILES string of the molecule is CC(C)c1ccccc1-c1ncc(N2CCN(C)CC2)c(NCc2ccc(-c3nc(C(F)(F)F)cn3C)cc2)n1. The Morgan fingerprint density at radius 1 is 0.925 bits per heavy atom. The minimum absolute atomic E-state index is 0.272. The van der Waals surface area contributed by atoms with Gasteiger partial charge in [-0.25, -0.2) is 15.0 Å². The monoisotopic (exact) mass is 549 g/mol. The molecule has 4 aromatic rings. The van der Waals surface area contributed by atoms with Crippen molar-refractivity contribution in [1.29, 1.82) is 0 Å². The standard InChI is InChI=1S/C30H34F3N7/c1-20(2)23-7-5-6-8-24(23)27-35-18-25(40-15-13-38(3)14-16-40)28(37-27)34-17-21-9-11-22(12-10-21)29-36-26(19-39(29)4)30(31,32)33/h5-12,18-20H,13-17H2,1-4H3,(H,34,35,37). The summed E-state index contributed by atoms with van der Waals surface area (Å²) in [5, 5.41) is 3.52. The van der Waals surface area contributed by atoms with Crippen LogP contribution in [0.4, 0.5) is 24.7 Å². The van der Waals surface area contributed by atoms with E-state index in [1.54, 1.807) is 19.2 Å². The molecule has 1 aliphatic rings. The lowest BCUT2D eigenvalue weighted by atomic mass is 9.97. The molecule has 0 amide bonds. The highest BCUT2D eigenvalue weighted by atomic mass is 19.4. The van der Waals surface area contributed by atoms with Crippen molar-refractivity contribution >= 4 is 11.5 Å². The first kappa shape index (κ1) is 27.6. The van der Waals surface area contributed by atoms with Crippen molar-refractivity contribution in [2.75, 3.05) is 43.4 Å². The van der Waals surface area contributed by atoms with Crippen molar-refractivity contribution in [3.05, 3.63) is 77.7 Å². The van der Waals surface area contributed by atoms with Crippen molar-refractivity contribution in [3.8, 4) is 22.8 Å². The van der Waals surface area contributed by atoms with Crippen molar-refractivity contribution in [1.82, 2.24) is 24.4 Å². The van der Waals surface area contributed by atoms with Gasteiger partial charge < -0.3 is 19.7 Å². The number of nitrogens with one attached hydrogen (secondary N) is 1. The van der Waals surface area contributed by atoms with Gasteiger partial charge in [-0.15, -0.1) is 0 Å². The van der Waals surface area contributed by atoms with Crippen LogP contribution in [0.25, 0.3) is 22.8 Å². The highest BCUT2D eigenvalue weighted by molar-refractivity contribution is 5.70. The quantitative estimate of drug-likeness (QED) is 0.303. The molecule has 0 spiro atoms. The topological polar surface area (TPSA) is 62.1 Å². The second kappa shape index (κ2) is 11.3. The van der Waals surface area contributed by atoms with Gasteiger partial charge in [0.25, 0.3) is 0 Å². The number of aryl methyl sites for hydroxylation is 1. The van der Waals surface area contributed by atoms with E-state index in [4.69, 9.17) is 9.97 Å². The van der Waals surface area contributed by atoms with Crippen LogP contribution in [0.5, 0.6) is 0 Å². The van der Waals surface area contributed by atoms with Crippen LogP contribution in [0, 0.1) is 0 Å². The molecule has 1 aliphatic heterocycles. The van der Waals surface area contributed by atoms with Crippen LogP contribution in [0.3, 0.4) is 0 Å². The molecule has 2 aromatic heterocycles.